The number of para-hydroxylation sites is 1. The van der Waals surface area contributed by atoms with Gasteiger partial charge in [0.05, 0.1) is 4.88 Å². The molecule has 0 fully saturated rings. The van der Waals surface area contributed by atoms with Crippen LogP contribution in [-0.4, -0.2) is 30.9 Å². The van der Waals surface area contributed by atoms with Crippen molar-refractivity contribution >= 4 is 17.2 Å². The molecular weight excluding hydrogens is 368 g/mol. The van der Waals surface area contributed by atoms with Gasteiger partial charge in [-0.1, -0.05) is 42.5 Å². The third-order valence-electron chi connectivity index (χ3n) is 4.85. The third kappa shape index (κ3) is 4.26. The van der Waals surface area contributed by atoms with Crippen molar-refractivity contribution < 1.29 is 9.53 Å². The molecule has 1 N–H and O–H groups in total. The van der Waals surface area contributed by atoms with Gasteiger partial charge in [-0.25, -0.2) is 0 Å². The molecule has 5 heteroatoms. The minimum atomic E-state index is 0.00240. The van der Waals surface area contributed by atoms with E-state index in [1.54, 1.807) is 11.3 Å². The van der Waals surface area contributed by atoms with Gasteiger partial charge in [0, 0.05) is 29.1 Å². The Morgan fingerprint density at radius 3 is 2.79 bits per heavy atom. The molecule has 0 saturated heterocycles. The van der Waals surface area contributed by atoms with Gasteiger partial charge >= 0.3 is 0 Å². The van der Waals surface area contributed by atoms with E-state index in [0.717, 1.165) is 46.1 Å². The molecule has 28 heavy (non-hydrogen) atoms. The van der Waals surface area contributed by atoms with Gasteiger partial charge in [0.1, 0.15) is 12.4 Å². The number of benzene rings is 2. The van der Waals surface area contributed by atoms with Gasteiger partial charge in [0.2, 0.25) is 0 Å². The van der Waals surface area contributed by atoms with E-state index in [4.69, 9.17) is 4.74 Å². The highest BCUT2D eigenvalue weighted by Gasteiger charge is 2.22. The summed E-state index contributed by atoms with van der Waals surface area (Å²) in [6, 6.07) is 20.4. The topological polar surface area (TPSA) is 41.6 Å². The molecular formula is C23H24N2O2S. The number of nitrogens with zero attached hydrogens (tertiary/aromatic N) is 1. The average molecular weight is 393 g/mol. The minimum Gasteiger partial charge on any atom is -0.488 e. The lowest BCUT2D eigenvalue weighted by molar-refractivity contribution is 0.0956. The van der Waals surface area contributed by atoms with E-state index in [0.29, 0.717) is 13.2 Å². The van der Waals surface area contributed by atoms with Crippen LogP contribution < -0.4 is 10.1 Å². The molecule has 0 saturated carbocycles. The normalized spacial score (nSPS) is 12.2. The van der Waals surface area contributed by atoms with Gasteiger partial charge in [0.25, 0.3) is 5.91 Å². The van der Waals surface area contributed by atoms with Crippen molar-refractivity contribution in [1.29, 1.82) is 0 Å². The smallest absolute Gasteiger partial charge is 0.261 e. The SMILES string of the molecule is CN(CCCNC(=O)c1cc2c(s1)-c1ccccc1OC2)Cc1ccccc1. The standard InChI is InChI=1S/C23H24N2O2S/c1-25(15-17-8-3-2-4-9-17)13-7-12-24-23(26)21-14-18-16-27-20-11-6-5-10-19(20)22(18)28-21/h2-6,8-11,14H,7,12-13,15-16H2,1H3,(H,24,26). The molecule has 0 bridgehead atoms. The summed E-state index contributed by atoms with van der Waals surface area (Å²) >= 11 is 1.55. The minimum absolute atomic E-state index is 0.00240. The van der Waals surface area contributed by atoms with Crippen molar-refractivity contribution in [2.75, 3.05) is 20.1 Å². The molecule has 2 heterocycles. The van der Waals surface area contributed by atoms with Gasteiger partial charge in [-0.15, -0.1) is 11.3 Å². The van der Waals surface area contributed by atoms with Crippen LogP contribution in [0.4, 0.5) is 0 Å². The Morgan fingerprint density at radius 1 is 1.14 bits per heavy atom. The van der Waals surface area contributed by atoms with Crippen LogP contribution >= 0.6 is 11.3 Å². The Hall–Kier alpha value is -2.63. The first-order valence-corrected chi connectivity index (χ1v) is 10.4. The summed E-state index contributed by atoms with van der Waals surface area (Å²) in [7, 11) is 2.11. The zero-order valence-electron chi connectivity index (χ0n) is 16.0. The summed E-state index contributed by atoms with van der Waals surface area (Å²) in [6.45, 7) is 3.07. The summed E-state index contributed by atoms with van der Waals surface area (Å²) in [5.41, 5.74) is 3.48. The Kier molecular flexibility index (Phi) is 5.74. The molecule has 3 aromatic rings. The van der Waals surface area contributed by atoms with Crippen molar-refractivity contribution in [1.82, 2.24) is 10.2 Å². The quantitative estimate of drug-likeness (QED) is 0.600. The van der Waals surface area contributed by atoms with Gasteiger partial charge < -0.3 is 15.0 Å². The number of amides is 1. The van der Waals surface area contributed by atoms with Crippen molar-refractivity contribution in [3.63, 3.8) is 0 Å². The molecule has 1 aliphatic rings. The van der Waals surface area contributed by atoms with Crippen LogP contribution in [0.2, 0.25) is 0 Å². The molecule has 0 radical (unpaired) electrons. The van der Waals surface area contributed by atoms with Crippen LogP contribution in [0, 0.1) is 0 Å². The van der Waals surface area contributed by atoms with E-state index in [1.807, 2.05) is 36.4 Å². The Bertz CT molecular complexity index is 952. The lowest BCUT2D eigenvalue weighted by atomic mass is 10.1. The first-order valence-electron chi connectivity index (χ1n) is 9.56. The fourth-order valence-corrected chi connectivity index (χ4v) is 4.54. The van der Waals surface area contributed by atoms with E-state index >= 15 is 0 Å². The highest BCUT2D eigenvalue weighted by Crippen LogP contribution is 2.42. The van der Waals surface area contributed by atoms with Gasteiger partial charge in [-0.2, -0.15) is 0 Å². The Morgan fingerprint density at radius 2 is 1.93 bits per heavy atom. The first-order chi connectivity index (χ1) is 13.7. The fraction of sp³-hybridized carbons (Fsp3) is 0.261. The second kappa shape index (κ2) is 8.59. The van der Waals surface area contributed by atoms with Crippen molar-refractivity contribution in [3.8, 4) is 16.2 Å². The Labute approximate surface area is 169 Å². The average Bonchev–Trinajstić information content (AvgIpc) is 3.17. The zero-order valence-corrected chi connectivity index (χ0v) is 16.8. The highest BCUT2D eigenvalue weighted by atomic mass is 32.1. The summed E-state index contributed by atoms with van der Waals surface area (Å²) in [6.07, 6.45) is 0.923. The molecule has 144 valence electrons. The van der Waals surface area contributed by atoms with Gasteiger partial charge in [0.15, 0.2) is 0 Å². The molecule has 1 aromatic heterocycles. The van der Waals surface area contributed by atoms with E-state index in [9.17, 15) is 4.79 Å². The molecule has 4 rings (SSSR count). The van der Waals surface area contributed by atoms with Crippen molar-refractivity contribution in [3.05, 3.63) is 76.7 Å². The highest BCUT2D eigenvalue weighted by molar-refractivity contribution is 7.17. The summed E-state index contributed by atoms with van der Waals surface area (Å²) in [5.74, 6) is 0.896. The van der Waals surface area contributed by atoms with Crippen molar-refractivity contribution in [2.24, 2.45) is 0 Å². The lowest BCUT2D eigenvalue weighted by Gasteiger charge is -2.16. The number of thiophene rings is 1. The number of carbonyl (C=O) groups is 1. The lowest BCUT2D eigenvalue weighted by Crippen LogP contribution is -2.27. The zero-order chi connectivity index (χ0) is 19.3. The second-order valence-corrected chi connectivity index (χ2v) is 8.13. The van der Waals surface area contributed by atoms with Crippen LogP contribution in [0.25, 0.3) is 10.4 Å². The van der Waals surface area contributed by atoms with Crippen LogP contribution in [-0.2, 0) is 13.2 Å². The fourth-order valence-electron chi connectivity index (χ4n) is 3.42. The van der Waals surface area contributed by atoms with E-state index in [1.165, 1.54) is 5.56 Å². The number of carbonyl (C=O) groups excluding carboxylic acids is 1. The van der Waals surface area contributed by atoms with E-state index in [-0.39, 0.29) is 5.91 Å². The third-order valence-corrected chi connectivity index (χ3v) is 6.05. The number of fused-ring (bicyclic) bond motifs is 3. The first kappa shape index (κ1) is 18.7. The maximum Gasteiger partial charge on any atom is 0.261 e. The van der Waals surface area contributed by atoms with Gasteiger partial charge in [-0.3, -0.25) is 4.79 Å². The molecule has 0 unspecified atom stereocenters. The summed E-state index contributed by atoms with van der Waals surface area (Å²) in [5, 5.41) is 3.06. The predicted octanol–water partition coefficient (Wildman–Crippen LogP) is 4.56. The van der Waals surface area contributed by atoms with Crippen LogP contribution in [0.3, 0.4) is 0 Å². The number of hydrogen-bond donors (Lipinski definition) is 1. The second-order valence-electron chi connectivity index (χ2n) is 7.08. The molecule has 4 nitrogen and oxygen atoms in total. The number of hydrogen-bond acceptors (Lipinski definition) is 4. The molecule has 1 aliphatic heterocycles. The molecule has 0 atom stereocenters. The number of rotatable bonds is 7. The summed E-state index contributed by atoms with van der Waals surface area (Å²) in [4.78, 5) is 16.7. The molecule has 2 aromatic carbocycles. The number of ether oxygens (including phenoxy) is 1. The molecule has 1 amide bonds. The molecule has 0 aliphatic carbocycles. The van der Waals surface area contributed by atoms with Crippen LogP contribution in [0.15, 0.2) is 60.7 Å². The predicted molar refractivity (Wildman–Crippen MR) is 114 cm³/mol. The largest absolute Gasteiger partial charge is 0.488 e. The molecule has 0 spiro atoms. The van der Waals surface area contributed by atoms with Crippen LogP contribution in [0.5, 0.6) is 5.75 Å². The van der Waals surface area contributed by atoms with Crippen molar-refractivity contribution in [2.45, 2.75) is 19.6 Å². The van der Waals surface area contributed by atoms with Crippen LogP contribution in [0.1, 0.15) is 27.2 Å². The maximum atomic E-state index is 12.6. The Balaban J connectivity index is 1.28. The monoisotopic (exact) mass is 392 g/mol. The maximum absolute atomic E-state index is 12.6. The van der Waals surface area contributed by atoms with E-state index in [2.05, 4.69) is 41.5 Å². The number of nitrogens with one attached hydrogen (secondary N) is 1. The van der Waals surface area contributed by atoms with E-state index < -0.39 is 0 Å². The summed E-state index contributed by atoms with van der Waals surface area (Å²) < 4.78 is 5.79. The van der Waals surface area contributed by atoms with Gasteiger partial charge in [-0.05, 0) is 43.8 Å².